The van der Waals surface area contributed by atoms with Crippen LogP contribution in [0.25, 0.3) is 10.8 Å². The molecule has 1 aliphatic heterocycles. The van der Waals surface area contributed by atoms with Crippen molar-refractivity contribution >= 4 is 29.1 Å². The predicted octanol–water partition coefficient (Wildman–Crippen LogP) is 2.08. The number of benzene rings is 2. The maximum absolute atomic E-state index is 13.3. The molecule has 0 radical (unpaired) electrons. The molecule has 2 heterocycles. The van der Waals surface area contributed by atoms with Crippen LogP contribution in [0.3, 0.4) is 0 Å². The van der Waals surface area contributed by atoms with Gasteiger partial charge in [0.2, 0.25) is 5.91 Å². The van der Waals surface area contributed by atoms with Crippen molar-refractivity contribution in [3.63, 3.8) is 0 Å². The number of nitrogens with zero attached hydrogens (tertiary/aromatic N) is 3. The van der Waals surface area contributed by atoms with Crippen LogP contribution in [0.1, 0.15) is 17.3 Å². The van der Waals surface area contributed by atoms with Gasteiger partial charge in [-0.05, 0) is 12.1 Å². The van der Waals surface area contributed by atoms with Gasteiger partial charge in [0.05, 0.1) is 30.7 Å². The van der Waals surface area contributed by atoms with Crippen molar-refractivity contribution in [1.82, 2.24) is 20.0 Å². The molecule has 0 bridgehead atoms. The highest BCUT2D eigenvalue weighted by atomic mass is 35.5. The zero-order chi connectivity index (χ0) is 20.4. The second kappa shape index (κ2) is 9.28. The fraction of sp³-hybridized carbons (Fsp3) is 0.318. The second-order valence-corrected chi connectivity index (χ2v) is 7.15. The van der Waals surface area contributed by atoms with Crippen molar-refractivity contribution in [2.24, 2.45) is 7.05 Å². The topological polar surface area (TPSA) is 76.5 Å². The van der Waals surface area contributed by atoms with Crippen LogP contribution in [0.5, 0.6) is 5.75 Å². The molecule has 1 N–H and O–H groups in total. The smallest absolute Gasteiger partial charge is 0.274 e. The molecule has 4 rings (SSSR count). The van der Waals surface area contributed by atoms with E-state index in [9.17, 15) is 9.59 Å². The number of para-hydroxylation sites is 1. The molecule has 0 saturated carbocycles. The number of fused-ring (bicyclic) bond motifs is 1. The quantitative estimate of drug-likeness (QED) is 0.688. The van der Waals surface area contributed by atoms with Gasteiger partial charge in [-0.15, -0.1) is 12.4 Å². The van der Waals surface area contributed by atoms with Gasteiger partial charge in [-0.3, -0.25) is 9.59 Å². The minimum atomic E-state index is -0.161. The summed E-state index contributed by atoms with van der Waals surface area (Å²) in [7, 11) is 3.26. The van der Waals surface area contributed by atoms with Gasteiger partial charge in [0.1, 0.15) is 5.75 Å². The predicted molar refractivity (Wildman–Crippen MR) is 118 cm³/mol. The largest absolute Gasteiger partial charge is 0.496 e. The van der Waals surface area contributed by atoms with Crippen molar-refractivity contribution in [3.05, 3.63) is 70.1 Å². The standard InChI is InChI=1S/C22H24N4O3.ClH/c1-25-22(28)16-8-4-3-7-15(16)18(24-25)13-21(27)26-12-11-23-14-19(26)17-9-5-6-10-20(17)29-2;/h3-10,19,23H,11-14H2,1-2H3;1H. The van der Waals surface area contributed by atoms with E-state index < -0.39 is 0 Å². The number of aryl methyl sites for hydroxylation is 1. The number of hydrogen-bond acceptors (Lipinski definition) is 5. The fourth-order valence-electron chi connectivity index (χ4n) is 3.97. The van der Waals surface area contributed by atoms with E-state index in [-0.39, 0.29) is 36.3 Å². The number of nitrogens with one attached hydrogen (secondary N) is 1. The Labute approximate surface area is 181 Å². The zero-order valence-electron chi connectivity index (χ0n) is 17.0. The molecular formula is C22H25ClN4O3. The Bertz CT molecular complexity index is 1110. The third-order valence-electron chi connectivity index (χ3n) is 5.41. The molecule has 1 fully saturated rings. The lowest BCUT2D eigenvalue weighted by Gasteiger charge is -2.37. The molecule has 7 nitrogen and oxygen atoms in total. The molecule has 8 heteroatoms. The molecule has 1 aromatic heterocycles. The highest BCUT2D eigenvalue weighted by Crippen LogP contribution is 2.30. The number of carbonyl (C=O) groups is 1. The van der Waals surface area contributed by atoms with E-state index in [0.29, 0.717) is 24.2 Å². The van der Waals surface area contributed by atoms with E-state index in [4.69, 9.17) is 4.74 Å². The molecular weight excluding hydrogens is 404 g/mol. The minimum absolute atomic E-state index is 0. The number of aromatic nitrogens is 2. The molecule has 0 aliphatic carbocycles. The number of hydrogen-bond donors (Lipinski definition) is 1. The van der Waals surface area contributed by atoms with E-state index in [0.717, 1.165) is 23.2 Å². The third kappa shape index (κ3) is 4.04. The van der Waals surface area contributed by atoms with Crippen LogP contribution in [0, 0.1) is 0 Å². The van der Waals surface area contributed by atoms with Crippen LogP contribution in [-0.4, -0.2) is 47.3 Å². The zero-order valence-corrected chi connectivity index (χ0v) is 17.8. The Morgan fingerprint density at radius 3 is 2.63 bits per heavy atom. The Balaban J connectivity index is 0.00000256. The summed E-state index contributed by atoms with van der Waals surface area (Å²) in [5.74, 6) is 0.753. The van der Waals surface area contributed by atoms with Gasteiger partial charge in [-0.1, -0.05) is 36.4 Å². The molecule has 1 saturated heterocycles. The Kier molecular flexibility index (Phi) is 6.74. The van der Waals surface area contributed by atoms with Gasteiger partial charge in [0.25, 0.3) is 5.56 Å². The van der Waals surface area contributed by atoms with Crippen molar-refractivity contribution in [2.45, 2.75) is 12.5 Å². The normalized spacial score (nSPS) is 16.2. The number of piperazine rings is 1. The maximum atomic E-state index is 13.3. The second-order valence-electron chi connectivity index (χ2n) is 7.15. The number of methoxy groups -OCH3 is 1. The van der Waals surface area contributed by atoms with Crippen LogP contribution in [0.2, 0.25) is 0 Å². The Morgan fingerprint density at radius 1 is 1.17 bits per heavy atom. The molecule has 158 valence electrons. The average Bonchev–Trinajstić information content (AvgIpc) is 2.77. The molecule has 30 heavy (non-hydrogen) atoms. The lowest BCUT2D eigenvalue weighted by molar-refractivity contribution is -0.133. The highest BCUT2D eigenvalue weighted by molar-refractivity contribution is 5.88. The van der Waals surface area contributed by atoms with Crippen LogP contribution in [0.4, 0.5) is 0 Å². The first kappa shape index (κ1) is 21.8. The van der Waals surface area contributed by atoms with Crippen LogP contribution in [-0.2, 0) is 18.3 Å². The summed E-state index contributed by atoms with van der Waals surface area (Å²) in [5.41, 5.74) is 1.43. The van der Waals surface area contributed by atoms with Crippen molar-refractivity contribution in [3.8, 4) is 5.75 Å². The van der Waals surface area contributed by atoms with Gasteiger partial charge in [0.15, 0.2) is 0 Å². The van der Waals surface area contributed by atoms with E-state index in [1.54, 1.807) is 20.2 Å². The van der Waals surface area contributed by atoms with Crippen molar-refractivity contribution < 1.29 is 9.53 Å². The van der Waals surface area contributed by atoms with E-state index in [2.05, 4.69) is 10.4 Å². The summed E-state index contributed by atoms with van der Waals surface area (Å²) in [6.07, 6.45) is 0.139. The first-order valence-electron chi connectivity index (χ1n) is 9.68. The SMILES string of the molecule is COc1ccccc1C1CNCCN1C(=O)Cc1nn(C)c(=O)c2ccccc12.Cl. The van der Waals surface area contributed by atoms with E-state index in [1.807, 2.05) is 47.4 Å². The van der Waals surface area contributed by atoms with Gasteiger partial charge >= 0.3 is 0 Å². The molecule has 1 unspecified atom stereocenters. The molecule has 1 aliphatic rings. The van der Waals surface area contributed by atoms with Gasteiger partial charge in [0, 0.05) is 37.6 Å². The van der Waals surface area contributed by atoms with Crippen LogP contribution in [0.15, 0.2) is 53.3 Å². The van der Waals surface area contributed by atoms with Crippen molar-refractivity contribution in [1.29, 1.82) is 0 Å². The van der Waals surface area contributed by atoms with Crippen molar-refractivity contribution in [2.75, 3.05) is 26.7 Å². The monoisotopic (exact) mass is 428 g/mol. The molecule has 1 atom stereocenters. The number of carbonyl (C=O) groups excluding carboxylic acids is 1. The lowest BCUT2D eigenvalue weighted by Crippen LogP contribution is -2.49. The number of ether oxygens (including phenoxy) is 1. The minimum Gasteiger partial charge on any atom is -0.496 e. The third-order valence-corrected chi connectivity index (χ3v) is 5.41. The highest BCUT2D eigenvalue weighted by Gasteiger charge is 2.30. The molecule has 2 aromatic carbocycles. The van der Waals surface area contributed by atoms with E-state index >= 15 is 0 Å². The molecule has 0 spiro atoms. The number of amides is 1. The summed E-state index contributed by atoms with van der Waals surface area (Å²) >= 11 is 0. The first-order chi connectivity index (χ1) is 14.1. The summed E-state index contributed by atoms with van der Waals surface area (Å²) < 4.78 is 6.82. The molecule has 3 aromatic rings. The van der Waals surface area contributed by atoms with E-state index in [1.165, 1.54) is 4.68 Å². The van der Waals surface area contributed by atoms with Gasteiger partial charge in [-0.25, -0.2) is 4.68 Å². The van der Waals surface area contributed by atoms with Crippen LogP contribution < -0.4 is 15.6 Å². The van der Waals surface area contributed by atoms with Crippen LogP contribution >= 0.6 is 12.4 Å². The summed E-state index contributed by atoms with van der Waals surface area (Å²) in [6, 6.07) is 15.0. The number of rotatable bonds is 4. The van der Waals surface area contributed by atoms with Gasteiger partial charge < -0.3 is 15.0 Å². The Hall–Kier alpha value is -2.90. The van der Waals surface area contributed by atoms with Gasteiger partial charge in [-0.2, -0.15) is 5.10 Å². The lowest BCUT2D eigenvalue weighted by atomic mass is 10.0. The average molecular weight is 429 g/mol. The fourth-order valence-corrected chi connectivity index (χ4v) is 3.97. The first-order valence-corrected chi connectivity index (χ1v) is 9.68. The maximum Gasteiger partial charge on any atom is 0.274 e. The summed E-state index contributed by atoms with van der Waals surface area (Å²) in [6.45, 7) is 2.00. The Morgan fingerprint density at radius 2 is 1.87 bits per heavy atom. The summed E-state index contributed by atoms with van der Waals surface area (Å²) in [5, 5.41) is 9.06. The molecule has 1 amide bonds. The number of halogens is 1. The summed E-state index contributed by atoms with van der Waals surface area (Å²) in [4.78, 5) is 27.6.